The van der Waals surface area contributed by atoms with Gasteiger partial charge in [0.2, 0.25) is 0 Å². The summed E-state index contributed by atoms with van der Waals surface area (Å²) in [5.41, 5.74) is 0. The van der Waals surface area contributed by atoms with E-state index in [1.54, 1.807) is 0 Å². The molecule has 1 atom stereocenters. The average Bonchev–Trinajstić information content (AvgIpc) is 2.01. The highest BCUT2D eigenvalue weighted by Crippen LogP contribution is 2.13. The first-order valence-electron chi connectivity index (χ1n) is 5.77. The maximum Gasteiger partial charge on any atom is 0.104 e. The first-order valence-corrected chi connectivity index (χ1v) is 5.77. The standard InChI is InChI=1S/C12H26FN/c1-9(2)6-12(7-10(3)4)14-11(5)8-13/h9-12,14H,6-8H2,1-5H3. The highest BCUT2D eigenvalue weighted by Gasteiger charge is 2.14. The zero-order valence-electron chi connectivity index (χ0n) is 10.3. The Hall–Kier alpha value is -0.110. The minimum Gasteiger partial charge on any atom is -0.309 e. The third-order valence-electron chi connectivity index (χ3n) is 2.26. The topological polar surface area (TPSA) is 12.0 Å². The van der Waals surface area contributed by atoms with E-state index < -0.39 is 0 Å². The van der Waals surface area contributed by atoms with Gasteiger partial charge in [0.25, 0.3) is 0 Å². The van der Waals surface area contributed by atoms with Gasteiger partial charge >= 0.3 is 0 Å². The van der Waals surface area contributed by atoms with Crippen LogP contribution in [0.1, 0.15) is 47.5 Å². The average molecular weight is 203 g/mol. The van der Waals surface area contributed by atoms with Gasteiger partial charge < -0.3 is 5.32 Å². The lowest BCUT2D eigenvalue weighted by Crippen LogP contribution is -2.39. The third kappa shape index (κ3) is 7.31. The van der Waals surface area contributed by atoms with Crippen molar-refractivity contribution in [3.8, 4) is 0 Å². The Labute approximate surface area is 88.5 Å². The summed E-state index contributed by atoms with van der Waals surface area (Å²) < 4.78 is 12.4. The third-order valence-corrected chi connectivity index (χ3v) is 2.26. The molecule has 0 saturated carbocycles. The molecule has 86 valence electrons. The second-order valence-electron chi connectivity index (χ2n) is 5.18. The van der Waals surface area contributed by atoms with Crippen LogP contribution in [0.3, 0.4) is 0 Å². The molecule has 0 heterocycles. The lowest BCUT2D eigenvalue weighted by atomic mass is 9.95. The van der Waals surface area contributed by atoms with Crippen molar-refractivity contribution < 1.29 is 4.39 Å². The van der Waals surface area contributed by atoms with E-state index in [2.05, 4.69) is 33.0 Å². The predicted molar refractivity (Wildman–Crippen MR) is 61.3 cm³/mol. The number of alkyl halides is 1. The molecule has 0 rings (SSSR count). The van der Waals surface area contributed by atoms with Gasteiger partial charge in [-0.1, -0.05) is 27.7 Å². The highest BCUT2D eigenvalue weighted by atomic mass is 19.1. The Morgan fingerprint density at radius 2 is 1.36 bits per heavy atom. The second kappa shape index (κ2) is 7.22. The molecule has 0 aliphatic carbocycles. The van der Waals surface area contributed by atoms with Crippen molar-refractivity contribution in [2.24, 2.45) is 11.8 Å². The number of hydrogen-bond acceptors (Lipinski definition) is 1. The number of halogens is 1. The summed E-state index contributed by atoms with van der Waals surface area (Å²) in [6, 6.07) is 0.471. The number of hydrogen-bond donors (Lipinski definition) is 1. The van der Waals surface area contributed by atoms with Crippen LogP contribution in [0.25, 0.3) is 0 Å². The van der Waals surface area contributed by atoms with Gasteiger partial charge in [-0.2, -0.15) is 0 Å². The van der Waals surface area contributed by atoms with Crippen LogP contribution < -0.4 is 5.32 Å². The molecule has 0 amide bonds. The monoisotopic (exact) mass is 203 g/mol. The van der Waals surface area contributed by atoms with Gasteiger partial charge in [-0.25, -0.2) is 4.39 Å². The molecule has 0 fully saturated rings. The number of nitrogens with one attached hydrogen (secondary N) is 1. The Morgan fingerprint density at radius 1 is 0.929 bits per heavy atom. The second-order valence-corrected chi connectivity index (χ2v) is 5.18. The van der Waals surface area contributed by atoms with Crippen molar-refractivity contribution in [1.29, 1.82) is 0 Å². The first-order chi connectivity index (χ1) is 6.45. The van der Waals surface area contributed by atoms with Crippen LogP contribution in [0, 0.1) is 11.8 Å². The summed E-state index contributed by atoms with van der Waals surface area (Å²) in [6.45, 7) is 10.5. The molecule has 0 aromatic heterocycles. The lowest BCUT2D eigenvalue weighted by Gasteiger charge is -2.25. The summed E-state index contributed by atoms with van der Waals surface area (Å²) in [7, 11) is 0. The van der Waals surface area contributed by atoms with Crippen molar-refractivity contribution in [2.45, 2.75) is 59.5 Å². The lowest BCUT2D eigenvalue weighted by molar-refractivity contribution is 0.300. The van der Waals surface area contributed by atoms with Crippen LogP contribution in [-0.2, 0) is 0 Å². The van der Waals surface area contributed by atoms with Crippen molar-refractivity contribution in [3.63, 3.8) is 0 Å². The van der Waals surface area contributed by atoms with Crippen LogP contribution in [0.2, 0.25) is 0 Å². The molecule has 0 aromatic rings. The van der Waals surface area contributed by atoms with Crippen LogP contribution >= 0.6 is 0 Å². The molecule has 14 heavy (non-hydrogen) atoms. The molecule has 0 radical (unpaired) electrons. The molecule has 0 saturated heterocycles. The van der Waals surface area contributed by atoms with Gasteiger partial charge in [0.15, 0.2) is 0 Å². The van der Waals surface area contributed by atoms with E-state index in [-0.39, 0.29) is 12.7 Å². The minimum absolute atomic E-state index is 0.00231. The first kappa shape index (κ1) is 13.9. The zero-order chi connectivity index (χ0) is 11.1. The molecule has 0 bridgehead atoms. The summed E-state index contributed by atoms with van der Waals surface area (Å²) in [6.07, 6.45) is 2.28. The molecule has 2 heteroatoms. The van der Waals surface area contributed by atoms with Crippen LogP contribution in [0.15, 0.2) is 0 Å². The summed E-state index contributed by atoms with van der Waals surface area (Å²) >= 11 is 0. The Bertz CT molecular complexity index is 124. The SMILES string of the molecule is CC(C)CC(CC(C)C)NC(C)CF. The molecular formula is C12H26FN. The largest absolute Gasteiger partial charge is 0.309 e. The van der Waals surface area contributed by atoms with Crippen LogP contribution in [-0.4, -0.2) is 18.8 Å². The summed E-state index contributed by atoms with van der Waals surface area (Å²) in [5.74, 6) is 1.36. The van der Waals surface area contributed by atoms with Gasteiger partial charge in [0.1, 0.15) is 6.67 Å². The zero-order valence-corrected chi connectivity index (χ0v) is 10.3. The van der Waals surface area contributed by atoms with E-state index in [0.717, 1.165) is 12.8 Å². The molecule has 1 nitrogen and oxygen atoms in total. The van der Waals surface area contributed by atoms with Crippen molar-refractivity contribution in [3.05, 3.63) is 0 Å². The maximum atomic E-state index is 12.4. The van der Waals surface area contributed by atoms with Gasteiger partial charge in [0.05, 0.1) is 0 Å². The van der Waals surface area contributed by atoms with E-state index in [1.165, 1.54) is 0 Å². The normalized spacial score (nSPS) is 14.4. The molecule has 0 aromatic carbocycles. The molecule has 0 spiro atoms. The summed E-state index contributed by atoms with van der Waals surface area (Å²) in [4.78, 5) is 0. The van der Waals surface area contributed by atoms with Crippen molar-refractivity contribution in [2.75, 3.05) is 6.67 Å². The van der Waals surface area contributed by atoms with Gasteiger partial charge in [-0.05, 0) is 31.6 Å². The molecule has 0 aliphatic rings. The Morgan fingerprint density at radius 3 is 1.64 bits per heavy atom. The van der Waals surface area contributed by atoms with E-state index in [1.807, 2.05) is 6.92 Å². The maximum absolute atomic E-state index is 12.4. The molecule has 0 aliphatic heterocycles. The van der Waals surface area contributed by atoms with E-state index in [9.17, 15) is 4.39 Å². The van der Waals surface area contributed by atoms with Gasteiger partial charge in [-0.15, -0.1) is 0 Å². The van der Waals surface area contributed by atoms with Crippen molar-refractivity contribution in [1.82, 2.24) is 5.32 Å². The van der Waals surface area contributed by atoms with Gasteiger partial charge in [0, 0.05) is 12.1 Å². The Balaban J connectivity index is 3.96. The van der Waals surface area contributed by atoms with E-state index in [4.69, 9.17) is 0 Å². The van der Waals surface area contributed by atoms with Crippen LogP contribution in [0.4, 0.5) is 4.39 Å². The van der Waals surface area contributed by atoms with Crippen LogP contribution in [0.5, 0.6) is 0 Å². The number of rotatable bonds is 7. The molecule has 1 unspecified atom stereocenters. The highest BCUT2D eigenvalue weighted by molar-refractivity contribution is 4.73. The predicted octanol–water partition coefficient (Wildman–Crippen LogP) is 3.39. The van der Waals surface area contributed by atoms with Crippen molar-refractivity contribution >= 4 is 0 Å². The fraction of sp³-hybridized carbons (Fsp3) is 1.00. The summed E-state index contributed by atoms with van der Waals surface area (Å²) in [5, 5.41) is 3.35. The van der Waals surface area contributed by atoms with E-state index in [0.29, 0.717) is 17.9 Å². The fourth-order valence-corrected chi connectivity index (χ4v) is 1.82. The van der Waals surface area contributed by atoms with E-state index >= 15 is 0 Å². The fourth-order valence-electron chi connectivity index (χ4n) is 1.82. The van der Waals surface area contributed by atoms with Gasteiger partial charge in [-0.3, -0.25) is 0 Å². The quantitative estimate of drug-likeness (QED) is 0.668. The smallest absolute Gasteiger partial charge is 0.104 e. The molecular weight excluding hydrogens is 177 g/mol. The minimum atomic E-state index is -0.271. The molecule has 1 N–H and O–H groups in total. The Kier molecular flexibility index (Phi) is 7.16.